The van der Waals surface area contributed by atoms with Gasteiger partial charge in [0.15, 0.2) is 0 Å². The molecule has 0 radical (unpaired) electrons. The third-order valence-electron chi connectivity index (χ3n) is 2.04. The van der Waals surface area contributed by atoms with E-state index in [4.69, 9.17) is 0 Å². The minimum absolute atomic E-state index is 0.626. The van der Waals surface area contributed by atoms with Crippen LogP contribution in [0.3, 0.4) is 0 Å². The van der Waals surface area contributed by atoms with Gasteiger partial charge in [-0.3, -0.25) is 0 Å². The number of halogens is 1. The van der Waals surface area contributed by atoms with Crippen LogP contribution in [-0.4, -0.2) is 23.8 Å². The number of benzene rings is 1. The van der Waals surface area contributed by atoms with Crippen LogP contribution in [0.25, 0.3) is 0 Å². The zero-order valence-electron chi connectivity index (χ0n) is 9.26. The van der Waals surface area contributed by atoms with Crippen molar-refractivity contribution >= 4 is 15.9 Å². The summed E-state index contributed by atoms with van der Waals surface area (Å²) in [6.07, 6.45) is 0.982. The summed E-state index contributed by atoms with van der Waals surface area (Å²) in [4.78, 5) is 0. The molecule has 15 heavy (non-hydrogen) atoms. The van der Waals surface area contributed by atoms with Crippen LogP contribution in [0.4, 0.5) is 0 Å². The highest BCUT2D eigenvalue weighted by Gasteiger charge is 2.10. The molecule has 2 N–H and O–H groups in total. The Morgan fingerprint density at radius 1 is 1.40 bits per heavy atom. The van der Waals surface area contributed by atoms with Gasteiger partial charge in [-0.1, -0.05) is 28.1 Å². The first-order valence-corrected chi connectivity index (χ1v) is 5.94. The maximum absolute atomic E-state index is 9.49. The van der Waals surface area contributed by atoms with Crippen molar-refractivity contribution in [1.29, 1.82) is 0 Å². The molecule has 1 aromatic carbocycles. The summed E-state index contributed by atoms with van der Waals surface area (Å²) in [7, 11) is 0. The van der Waals surface area contributed by atoms with Crippen molar-refractivity contribution in [2.75, 3.05) is 13.1 Å². The SMILES string of the molecule is CC(C)(O)CNCCc1cccc(Br)c1. The van der Waals surface area contributed by atoms with Crippen LogP contribution in [0.1, 0.15) is 19.4 Å². The lowest BCUT2D eigenvalue weighted by Gasteiger charge is -2.17. The maximum atomic E-state index is 9.49. The Balaban J connectivity index is 2.26. The van der Waals surface area contributed by atoms with Gasteiger partial charge in [-0.15, -0.1) is 0 Å². The van der Waals surface area contributed by atoms with Gasteiger partial charge in [0.25, 0.3) is 0 Å². The van der Waals surface area contributed by atoms with Crippen LogP contribution in [0, 0.1) is 0 Å². The normalized spacial score (nSPS) is 11.7. The average Bonchev–Trinajstić information content (AvgIpc) is 2.11. The summed E-state index contributed by atoms with van der Waals surface area (Å²) >= 11 is 3.44. The summed E-state index contributed by atoms with van der Waals surface area (Å²) in [5, 5.41) is 12.7. The molecule has 0 saturated heterocycles. The Morgan fingerprint density at radius 2 is 2.13 bits per heavy atom. The highest BCUT2D eigenvalue weighted by atomic mass is 79.9. The highest BCUT2D eigenvalue weighted by Crippen LogP contribution is 2.11. The van der Waals surface area contributed by atoms with Gasteiger partial charge in [0.2, 0.25) is 0 Å². The summed E-state index contributed by atoms with van der Waals surface area (Å²) < 4.78 is 1.11. The third-order valence-corrected chi connectivity index (χ3v) is 2.53. The second-order valence-corrected chi connectivity index (χ2v) is 5.28. The van der Waals surface area contributed by atoms with Crippen molar-refractivity contribution in [3.8, 4) is 0 Å². The topological polar surface area (TPSA) is 32.3 Å². The summed E-state index contributed by atoms with van der Waals surface area (Å²) in [6, 6.07) is 8.28. The molecule has 84 valence electrons. The molecule has 0 amide bonds. The number of hydrogen-bond acceptors (Lipinski definition) is 2. The van der Waals surface area contributed by atoms with Crippen molar-refractivity contribution in [3.63, 3.8) is 0 Å². The van der Waals surface area contributed by atoms with Gasteiger partial charge in [0, 0.05) is 11.0 Å². The number of nitrogens with one attached hydrogen (secondary N) is 1. The van der Waals surface area contributed by atoms with Crippen molar-refractivity contribution < 1.29 is 5.11 Å². The van der Waals surface area contributed by atoms with Crippen molar-refractivity contribution in [2.24, 2.45) is 0 Å². The predicted octanol–water partition coefficient (Wildman–Crippen LogP) is 2.35. The number of aliphatic hydroxyl groups is 1. The predicted molar refractivity (Wildman–Crippen MR) is 67.0 cm³/mol. The summed E-state index contributed by atoms with van der Waals surface area (Å²) in [5.41, 5.74) is 0.671. The lowest BCUT2D eigenvalue weighted by molar-refractivity contribution is 0.0801. The monoisotopic (exact) mass is 271 g/mol. The van der Waals surface area contributed by atoms with Gasteiger partial charge in [-0.25, -0.2) is 0 Å². The van der Waals surface area contributed by atoms with Crippen molar-refractivity contribution in [3.05, 3.63) is 34.3 Å². The Morgan fingerprint density at radius 3 is 2.73 bits per heavy atom. The standard InChI is InChI=1S/C12H18BrNO/c1-12(2,15)9-14-7-6-10-4-3-5-11(13)8-10/h3-5,8,14-15H,6-7,9H2,1-2H3. The maximum Gasteiger partial charge on any atom is 0.0715 e. The van der Waals surface area contributed by atoms with E-state index in [-0.39, 0.29) is 0 Å². The van der Waals surface area contributed by atoms with Crippen LogP contribution in [0.5, 0.6) is 0 Å². The van der Waals surface area contributed by atoms with Crippen LogP contribution in [0.2, 0.25) is 0 Å². The lowest BCUT2D eigenvalue weighted by atomic mass is 10.1. The smallest absolute Gasteiger partial charge is 0.0715 e. The van der Waals surface area contributed by atoms with Gasteiger partial charge in [0.1, 0.15) is 0 Å². The van der Waals surface area contributed by atoms with E-state index in [2.05, 4.69) is 33.4 Å². The largest absolute Gasteiger partial charge is 0.389 e. The van der Waals surface area contributed by atoms with E-state index >= 15 is 0 Å². The zero-order chi connectivity index (χ0) is 11.3. The molecular weight excluding hydrogens is 254 g/mol. The highest BCUT2D eigenvalue weighted by molar-refractivity contribution is 9.10. The van der Waals surface area contributed by atoms with Crippen LogP contribution in [-0.2, 0) is 6.42 Å². The summed E-state index contributed by atoms with van der Waals surface area (Å²) in [5.74, 6) is 0. The fourth-order valence-corrected chi connectivity index (χ4v) is 1.77. The van der Waals surface area contributed by atoms with Gasteiger partial charge in [-0.05, 0) is 44.5 Å². The fraction of sp³-hybridized carbons (Fsp3) is 0.500. The minimum Gasteiger partial charge on any atom is -0.389 e. The molecule has 0 unspecified atom stereocenters. The Hall–Kier alpha value is -0.380. The molecule has 0 saturated carbocycles. The van der Waals surface area contributed by atoms with Gasteiger partial charge in [-0.2, -0.15) is 0 Å². The molecule has 1 aromatic rings. The number of rotatable bonds is 5. The molecule has 0 aliphatic rings. The van der Waals surface area contributed by atoms with Crippen molar-refractivity contribution in [2.45, 2.75) is 25.9 Å². The van der Waals surface area contributed by atoms with Gasteiger partial charge < -0.3 is 10.4 Å². The Kier molecular flexibility index (Phi) is 4.77. The fourth-order valence-electron chi connectivity index (χ4n) is 1.32. The molecule has 0 fully saturated rings. The van der Waals surface area contributed by atoms with Crippen LogP contribution < -0.4 is 5.32 Å². The lowest BCUT2D eigenvalue weighted by Crippen LogP contribution is -2.35. The minimum atomic E-state index is -0.628. The number of hydrogen-bond donors (Lipinski definition) is 2. The van der Waals surface area contributed by atoms with Gasteiger partial charge in [0.05, 0.1) is 5.60 Å². The van der Waals surface area contributed by atoms with E-state index in [0.717, 1.165) is 17.4 Å². The molecule has 2 nitrogen and oxygen atoms in total. The van der Waals surface area contributed by atoms with Crippen molar-refractivity contribution in [1.82, 2.24) is 5.32 Å². The molecule has 0 spiro atoms. The molecule has 0 aliphatic carbocycles. The van der Waals surface area contributed by atoms with E-state index in [1.165, 1.54) is 5.56 Å². The van der Waals surface area contributed by atoms with Crippen LogP contribution in [0.15, 0.2) is 28.7 Å². The first-order valence-electron chi connectivity index (χ1n) is 5.15. The molecule has 0 aromatic heterocycles. The molecule has 0 atom stereocenters. The van der Waals surface area contributed by atoms with E-state index in [1.54, 1.807) is 13.8 Å². The second-order valence-electron chi connectivity index (χ2n) is 4.37. The van der Waals surface area contributed by atoms with E-state index < -0.39 is 5.60 Å². The first-order chi connectivity index (χ1) is 6.97. The molecular formula is C12H18BrNO. The Labute approximate surface area is 99.8 Å². The third kappa shape index (κ3) is 5.92. The Bertz CT molecular complexity index is 307. The quantitative estimate of drug-likeness (QED) is 0.806. The van der Waals surface area contributed by atoms with Crippen LogP contribution >= 0.6 is 15.9 Å². The van der Waals surface area contributed by atoms with E-state index in [0.29, 0.717) is 6.54 Å². The van der Waals surface area contributed by atoms with E-state index in [9.17, 15) is 5.11 Å². The van der Waals surface area contributed by atoms with E-state index in [1.807, 2.05) is 12.1 Å². The summed E-state index contributed by atoms with van der Waals surface area (Å²) in [6.45, 7) is 5.12. The second kappa shape index (κ2) is 5.64. The molecule has 1 rings (SSSR count). The average molecular weight is 272 g/mol. The molecule has 0 heterocycles. The first kappa shape index (κ1) is 12.7. The molecule has 0 aliphatic heterocycles. The molecule has 3 heteroatoms. The van der Waals surface area contributed by atoms with Gasteiger partial charge >= 0.3 is 0 Å². The molecule has 0 bridgehead atoms. The zero-order valence-corrected chi connectivity index (χ0v) is 10.8.